The number of benzene rings is 1. The molecular weight excluding hydrogens is 399 g/mol. The van der Waals surface area contributed by atoms with Crippen molar-refractivity contribution in [1.29, 1.82) is 0 Å². The van der Waals surface area contributed by atoms with Gasteiger partial charge in [-0.3, -0.25) is 0 Å². The number of rotatable bonds is 5. The topological polar surface area (TPSA) is 107 Å². The summed E-state index contributed by atoms with van der Waals surface area (Å²) in [6.45, 7) is 0.542. The van der Waals surface area contributed by atoms with Crippen LogP contribution in [0.25, 0.3) is 11.3 Å². The summed E-state index contributed by atoms with van der Waals surface area (Å²) in [5.74, 6) is 2.19. The lowest BCUT2D eigenvalue weighted by Crippen LogP contribution is -2.35. The zero-order chi connectivity index (χ0) is 18.1. The summed E-state index contributed by atoms with van der Waals surface area (Å²) < 4.78 is 5.48. The van der Waals surface area contributed by atoms with E-state index in [1.54, 1.807) is 0 Å². The lowest BCUT2D eigenvalue weighted by atomic mass is 9.78. The maximum atomic E-state index is 5.91. The molecule has 4 N–H and O–H groups in total. The Labute approximate surface area is 176 Å². The van der Waals surface area contributed by atoms with Crippen LogP contribution in [0.3, 0.4) is 0 Å². The van der Waals surface area contributed by atoms with Crippen molar-refractivity contribution in [3.05, 3.63) is 53.9 Å². The Hall–Kier alpha value is -2.35. The molecule has 0 radical (unpaired) electrons. The minimum absolute atomic E-state index is 0. The summed E-state index contributed by atoms with van der Waals surface area (Å²) in [6, 6.07) is 14.1. The van der Waals surface area contributed by atoms with Crippen molar-refractivity contribution in [2.24, 2.45) is 5.73 Å². The first-order valence-electron chi connectivity index (χ1n) is 8.70. The smallest absolute Gasteiger partial charge is 0.222 e. The summed E-state index contributed by atoms with van der Waals surface area (Å²) in [5.41, 5.74) is 14.6. The quantitative estimate of drug-likeness (QED) is 0.648. The van der Waals surface area contributed by atoms with Gasteiger partial charge in [0, 0.05) is 36.7 Å². The van der Waals surface area contributed by atoms with E-state index in [2.05, 4.69) is 15.1 Å². The van der Waals surface area contributed by atoms with Crippen molar-refractivity contribution < 1.29 is 4.52 Å². The number of hydrogen-bond acceptors (Lipinski definition) is 7. The number of nitrogen functional groups attached to an aromatic ring is 1. The lowest BCUT2D eigenvalue weighted by molar-refractivity contribution is 0.345. The first kappa shape index (κ1) is 21.9. The molecule has 7 nitrogen and oxygen atoms in total. The highest BCUT2D eigenvalue weighted by molar-refractivity contribution is 5.85. The summed E-state index contributed by atoms with van der Waals surface area (Å²) >= 11 is 0. The van der Waals surface area contributed by atoms with E-state index in [9.17, 15) is 0 Å². The molecule has 1 fully saturated rings. The Balaban J connectivity index is 0.00000140. The molecule has 1 saturated carbocycles. The van der Waals surface area contributed by atoms with Gasteiger partial charge < -0.3 is 20.9 Å². The van der Waals surface area contributed by atoms with Gasteiger partial charge in [0.1, 0.15) is 11.5 Å². The standard InChI is InChI=1S/C19H22N6O.2ClH/c1-25(11-15-9-17(24-26-15)12-5-3-2-4-6-12)18-10-16(22-19(21)23-18)13-7-14(20)8-13;;/h2-6,9-10,13-14H,7-8,11,20H2,1H3,(H2,21,22,23);2*1H. The lowest BCUT2D eigenvalue weighted by Gasteiger charge is -2.32. The number of anilines is 2. The summed E-state index contributed by atoms with van der Waals surface area (Å²) in [7, 11) is 1.95. The molecule has 0 bridgehead atoms. The predicted octanol–water partition coefficient (Wildman–Crippen LogP) is 3.40. The second-order valence-electron chi connectivity index (χ2n) is 6.84. The van der Waals surface area contributed by atoms with Crippen LogP contribution in [-0.2, 0) is 6.54 Å². The molecule has 0 unspecified atom stereocenters. The average molecular weight is 423 g/mol. The van der Waals surface area contributed by atoms with Gasteiger partial charge in [0.05, 0.1) is 12.2 Å². The Kier molecular flexibility index (Phi) is 7.23. The number of nitrogens with zero attached hydrogens (tertiary/aromatic N) is 4. The molecule has 1 aromatic carbocycles. The van der Waals surface area contributed by atoms with E-state index in [-0.39, 0.29) is 36.8 Å². The fraction of sp³-hybridized carbons (Fsp3) is 0.316. The van der Waals surface area contributed by atoms with Crippen molar-refractivity contribution in [3.63, 3.8) is 0 Å². The Morgan fingerprint density at radius 2 is 1.82 bits per heavy atom. The summed E-state index contributed by atoms with van der Waals surface area (Å²) in [5, 5.41) is 4.15. The third-order valence-electron chi connectivity index (χ3n) is 4.76. The molecule has 4 rings (SSSR count). The molecule has 0 saturated heterocycles. The van der Waals surface area contributed by atoms with Crippen LogP contribution in [0.15, 0.2) is 47.0 Å². The van der Waals surface area contributed by atoms with Crippen LogP contribution in [0, 0.1) is 0 Å². The number of nitrogens with two attached hydrogens (primary N) is 2. The average Bonchev–Trinajstić information content (AvgIpc) is 3.07. The molecule has 0 spiro atoms. The monoisotopic (exact) mass is 422 g/mol. The van der Waals surface area contributed by atoms with Gasteiger partial charge in [-0.1, -0.05) is 35.5 Å². The van der Waals surface area contributed by atoms with E-state index >= 15 is 0 Å². The third kappa shape index (κ3) is 4.73. The van der Waals surface area contributed by atoms with Gasteiger partial charge in [0.2, 0.25) is 5.95 Å². The molecule has 3 aromatic rings. The molecule has 9 heteroatoms. The summed E-state index contributed by atoms with van der Waals surface area (Å²) in [4.78, 5) is 10.7. The predicted molar refractivity (Wildman–Crippen MR) is 115 cm³/mol. The largest absolute Gasteiger partial charge is 0.368 e. The van der Waals surface area contributed by atoms with Crippen LogP contribution >= 0.6 is 24.8 Å². The molecule has 0 amide bonds. The van der Waals surface area contributed by atoms with Gasteiger partial charge >= 0.3 is 0 Å². The Bertz CT molecular complexity index is 898. The number of hydrogen-bond donors (Lipinski definition) is 2. The minimum atomic E-state index is 0. The SMILES string of the molecule is CN(Cc1cc(-c2ccccc2)no1)c1cc(C2CC(N)C2)nc(N)n1.Cl.Cl. The van der Waals surface area contributed by atoms with Gasteiger partial charge in [-0.15, -0.1) is 24.8 Å². The highest BCUT2D eigenvalue weighted by Gasteiger charge is 2.29. The maximum Gasteiger partial charge on any atom is 0.222 e. The van der Waals surface area contributed by atoms with E-state index in [0.717, 1.165) is 41.4 Å². The van der Waals surface area contributed by atoms with Crippen LogP contribution in [-0.4, -0.2) is 28.2 Å². The Morgan fingerprint density at radius 1 is 1.11 bits per heavy atom. The molecule has 150 valence electrons. The second-order valence-corrected chi connectivity index (χ2v) is 6.84. The van der Waals surface area contributed by atoms with Gasteiger partial charge in [0.15, 0.2) is 5.76 Å². The van der Waals surface area contributed by atoms with Gasteiger partial charge in [-0.25, -0.2) is 4.98 Å². The zero-order valence-corrected chi connectivity index (χ0v) is 17.1. The first-order valence-corrected chi connectivity index (χ1v) is 8.70. The van der Waals surface area contributed by atoms with E-state index in [0.29, 0.717) is 12.5 Å². The number of halogens is 2. The Morgan fingerprint density at radius 3 is 2.50 bits per heavy atom. The van der Waals surface area contributed by atoms with Gasteiger partial charge in [0.25, 0.3) is 0 Å². The fourth-order valence-electron chi connectivity index (χ4n) is 3.23. The maximum absolute atomic E-state index is 5.91. The molecular formula is C19H24Cl2N6O. The van der Waals surface area contributed by atoms with Crippen LogP contribution in [0.4, 0.5) is 11.8 Å². The normalized spacial score (nSPS) is 17.8. The molecule has 0 atom stereocenters. The van der Waals surface area contributed by atoms with Crippen LogP contribution in [0.5, 0.6) is 0 Å². The van der Waals surface area contributed by atoms with E-state index < -0.39 is 0 Å². The van der Waals surface area contributed by atoms with Gasteiger partial charge in [-0.2, -0.15) is 4.98 Å². The summed E-state index contributed by atoms with van der Waals surface area (Å²) in [6.07, 6.45) is 1.89. The molecule has 1 aliphatic rings. The fourth-order valence-corrected chi connectivity index (χ4v) is 3.23. The molecule has 2 aromatic heterocycles. The van der Waals surface area contributed by atoms with E-state index in [4.69, 9.17) is 16.0 Å². The highest BCUT2D eigenvalue weighted by Crippen LogP contribution is 2.35. The number of aromatic nitrogens is 3. The highest BCUT2D eigenvalue weighted by atomic mass is 35.5. The third-order valence-corrected chi connectivity index (χ3v) is 4.76. The van der Waals surface area contributed by atoms with Crippen molar-refractivity contribution in [2.75, 3.05) is 17.7 Å². The van der Waals surface area contributed by atoms with E-state index in [1.807, 2.05) is 54.4 Å². The van der Waals surface area contributed by atoms with E-state index in [1.165, 1.54) is 0 Å². The van der Waals surface area contributed by atoms with Crippen LogP contribution in [0.2, 0.25) is 0 Å². The van der Waals surface area contributed by atoms with Gasteiger partial charge in [-0.05, 0) is 12.8 Å². The zero-order valence-electron chi connectivity index (χ0n) is 15.5. The molecule has 2 heterocycles. The van der Waals surface area contributed by atoms with Crippen LogP contribution < -0.4 is 16.4 Å². The van der Waals surface area contributed by atoms with Crippen molar-refractivity contribution >= 4 is 36.6 Å². The minimum Gasteiger partial charge on any atom is -0.368 e. The van der Waals surface area contributed by atoms with Crippen molar-refractivity contribution in [2.45, 2.75) is 31.3 Å². The van der Waals surface area contributed by atoms with Crippen molar-refractivity contribution in [1.82, 2.24) is 15.1 Å². The second kappa shape index (κ2) is 9.23. The molecule has 1 aliphatic carbocycles. The first-order chi connectivity index (χ1) is 12.6. The molecule has 28 heavy (non-hydrogen) atoms. The van der Waals surface area contributed by atoms with Crippen LogP contribution in [0.1, 0.15) is 30.2 Å². The van der Waals surface area contributed by atoms with Crippen molar-refractivity contribution in [3.8, 4) is 11.3 Å². The molecule has 0 aliphatic heterocycles.